The van der Waals surface area contributed by atoms with E-state index in [-0.39, 0.29) is 11.3 Å². The third-order valence-corrected chi connectivity index (χ3v) is 2.33. The minimum Gasteiger partial charge on any atom is -0.282 e. The number of nitrogens with zero attached hydrogens (tertiary/aromatic N) is 1. The summed E-state index contributed by atoms with van der Waals surface area (Å²) < 4.78 is 37.3. The molecule has 1 aromatic rings. The Kier molecular flexibility index (Phi) is 2.95. The van der Waals surface area contributed by atoms with E-state index in [1.165, 1.54) is 19.1 Å². The van der Waals surface area contributed by atoms with Crippen molar-refractivity contribution in [2.75, 3.05) is 11.0 Å². The fourth-order valence-electron chi connectivity index (χ4n) is 1.07. The van der Waals surface area contributed by atoms with E-state index in [9.17, 15) is 12.8 Å². The number of nitrogens with one attached hydrogen (secondary N) is 1. The van der Waals surface area contributed by atoms with Gasteiger partial charge in [-0.25, -0.2) is 12.8 Å². The second-order valence-electron chi connectivity index (χ2n) is 3.11. The standard InChI is InChI=1S/C9H9FN2O2S/c1-6-3-4-8(12-15(2,13)14)7(5-11)9(6)10/h3-4,12H,1-2H3. The van der Waals surface area contributed by atoms with Crippen LogP contribution in [0.1, 0.15) is 11.1 Å². The molecule has 0 unspecified atom stereocenters. The highest BCUT2D eigenvalue weighted by atomic mass is 32.2. The molecule has 4 nitrogen and oxygen atoms in total. The maximum absolute atomic E-state index is 13.4. The summed E-state index contributed by atoms with van der Waals surface area (Å²) in [6.07, 6.45) is 0.936. The number of anilines is 1. The fraction of sp³-hybridized carbons (Fsp3) is 0.222. The zero-order chi connectivity index (χ0) is 11.6. The molecule has 15 heavy (non-hydrogen) atoms. The lowest BCUT2D eigenvalue weighted by molar-refractivity contribution is 0.606. The molecule has 0 aromatic heterocycles. The molecule has 0 amide bonds. The Bertz CT molecular complexity index is 532. The van der Waals surface area contributed by atoms with Crippen LogP contribution in [0.3, 0.4) is 0 Å². The number of hydrogen-bond acceptors (Lipinski definition) is 3. The topological polar surface area (TPSA) is 70.0 Å². The van der Waals surface area contributed by atoms with Crippen molar-refractivity contribution >= 4 is 15.7 Å². The third-order valence-electron chi connectivity index (χ3n) is 1.74. The third kappa shape index (κ3) is 2.67. The van der Waals surface area contributed by atoms with Crippen LogP contribution >= 0.6 is 0 Å². The van der Waals surface area contributed by atoms with Gasteiger partial charge in [-0.2, -0.15) is 5.26 Å². The Hall–Kier alpha value is -1.61. The first-order chi connectivity index (χ1) is 6.85. The van der Waals surface area contributed by atoms with E-state index >= 15 is 0 Å². The molecule has 1 aromatic carbocycles. The van der Waals surface area contributed by atoms with Crippen LogP contribution in [-0.4, -0.2) is 14.7 Å². The van der Waals surface area contributed by atoms with Crippen LogP contribution in [-0.2, 0) is 10.0 Å². The summed E-state index contributed by atoms with van der Waals surface area (Å²) in [7, 11) is -3.51. The van der Waals surface area contributed by atoms with Gasteiger partial charge >= 0.3 is 0 Å². The van der Waals surface area contributed by atoms with Gasteiger partial charge in [0.25, 0.3) is 0 Å². The van der Waals surface area contributed by atoms with Gasteiger partial charge in [0.2, 0.25) is 10.0 Å². The van der Waals surface area contributed by atoms with E-state index in [4.69, 9.17) is 5.26 Å². The lowest BCUT2D eigenvalue weighted by atomic mass is 10.1. The first-order valence-corrected chi connectivity index (χ1v) is 5.91. The fourth-order valence-corrected chi connectivity index (χ4v) is 1.64. The minimum atomic E-state index is -3.51. The van der Waals surface area contributed by atoms with E-state index in [0.29, 0.717) is 5.56 Å². The second-order valence-corrected chi connectivity index (χ2v) is 4.85. The van der Waals surface area contributed by atoms with E-state index in [1.807, 2.05) is 0 Å². The number of nitriles is 1. The molecule has 0 fully saturated rings. The van der Waals surface area contributed by atoms with Gasteiger partial charge in [-0.05, 0) is 18.6 Å². The molecule has 0 aliphatic carbocycles. The summed E-state index contributed by atoms with van der Waals surface area (Å²) in [6, 6.07) is 4.39. The monoisotopic (exact) mass is 228 g/mol. The normalized spacial score (nSPS) is 10.8. The zero-order valence-electron chi connectivity index (χ0n) is 8.20. The van der Waals surface area contributed by atoms with E-state index in [1.54, 1.807) is 6.07 Å². The smallest absolute Gasteiger partial charge is 0.229 e. The van der Waals surface area contributed by atoms with Crippen molar-refractivity contribution in [3.63, 3.8) is 0 Å². The van der Waals surface area contributed by atoms with Gasteiger partial charge in [-0.3, -0.25) is 4.72 Å². The van der Waals surface area contributed by atoms with Crippen molar-refractivity contribution in [2.24, 2.45) is 0 Å². The first kappa shape index (κ1) is 11.5. The highest BCUT2D eigenvalue weighted by Crippen LogP contribution is 2.21. The molecular formula is C9H9FN2O2S. The van der Waals surface area contributed by atoms with Crippen molar-refractivity contribution in [1.29, 1.82) is 5.26 Å². The zero-order valence-corrected chi connectivity index (χ0v) is 9.02. The van der Waals surface area contributed by atoms with Gasteiger partial charge in [0.1, 0.15) is 17.4 Å². The number of hydrogen-bond donors (Lipinski definition) is 1. The summed E-state index contributed by atoms with van der Waals surface area (Å²) in [5.74, 6) is -0.703. The van der Waals surface area contributed by atoms with Gasteiger partial charge in [-0.1, -0.05) is 6.07 Å². The van der Waals surface area contributed by atoms with Crippen LogP contribution in [0.2, 0.25) is 0 Å². The number of aryl methyl sites for hydroxylation is 1. The molecule has 6 heteroatoms. The summed E-state index contributed by atoms with van der Waals surface area (Å²) >= 11 is 0. The molecule has 0 saturated heterocycles. The first-order valence-electron chi connectivity index (χ1n) is 4.02. The van der Waals surface area contributed by atoms with Crippen molar-refractivity contribution in [3.05, 3.63) is 29.1 Å². The van der Waals surface area contributed by atoms with E-state index in [0.717, 1.165) is 6.26 Å². The van der Waals surface area contributed by atoms with Crippen LogP contribution in [0.25, 0.3) is 0 Å². The lowest BCUT2D eigenvalue weighted by Crippen LogP contribution is -2.11. The Balaban J connectivity index is 3.34. The molecule has 0 aliphatic rings. The van der Waals surface area contributed by atoms with Crippen molar-refractivity contribution in [1.82, 2.24) is 0 Å². The van der Waals surface area contributed by atoms with E-state index in [2.05, 4.69) is 4.72 Å². The molecule has 0 aliphatic heterocycles. The maximum Gasteiger partial charge on any atom is 0.229 e. The summed E-state index contributed by atoms with van der Waals surface area (Å²) in [4.78, 5) is 0. The quantitative estimate of drug-likeness (QED) is 0.831. The van der Waals surface area contributed by atoms with Crippen molar-refractivity contribution in [3.8, 4) is 6.07 Å². The summed E-state index contributed by atoms with van der Waals surface area (Å²) in [5.41, 5.74) is -0.0332. The Morgan fingerprint density at radius 3 is 2.53 bits per heavy atom. The molecule has 0 radical (unpaired) electrons. The molecule has 0 atom stereocenters. The SMILES string of the molecule is Cc1ccc(NS(C)(=O)=O)c(C#N)c1F. The van der Waals surface area contributed by atoms with Crippen molar-refractivity contribution in [2.45, 2.75) is 6.92 Å². The van der Waals surface area contributed by atoms with Crippen LogP contribution in [0.4, 0.5) is 10.1 Å². The molecule has 1 rings (SSSR count). The maximum atomic E-state index is 13.4. The van der Waals surface area contributed by atoms with Crippen LogP contribution < -0.4 is 4.72 Å². The van der Waals surface area contributed by atoms with Crippen LogP contribution in [0.5, 0.6) is 0 Å². The van der Waals surface area contributed by atoms with E-state index < -0.39 is 15.8 Å². The molecule has 80 valence electrons. The number of rotatable bonds is 2. The number of benzene rings is 1. The van der Waals surface area contributed by atoms with Gasteiger partial charge in [0.05, 0.1) is 11.9 Å². The molecule has 0 bridgehead atoms. The van der Waals surface area contributed by atoms with Gasteiger partial charge in [0, 0.05) is 0 Å². The van der Waals surface area contributed by atoms with Gasteiger partial charge in [-0.15, -0.1) is 0 Å². The molecule has 0 heterocycles. The summed E-state index contributed by atoms with van der Waals surface area (Å²) in [6.45, 7) is 1.50. The number of sulfonamides is 1. The van der Waals surface area contributed by atoms with Crippen LogP contribution in [0, 0.1) is 24.1 Å². The molecule has 0 spiro atoms. The Labute approximate surface area is 87.4 Å². The van der Waals surface area contributed by atoms with Gasteiger partial charge < -0.3 is 0 Å². The largest absolute Gasteiger partial charge is 0.282 e. The average molecular weight is 228 g/mol. The van der Waals surface area contributed by atoms with Crippen molar-refractivity contribution < 1.29 is 12.8 Å². The average Bonchev–Trinajstić information content (AvgIpc) is 2.10. The Morgan fingerprint density at radius 2 is 2.07 bits per heavy atom. The minimum absolute atomic E-state index is 0.0388. The Morgan fingerprint density at radius 1 is 1.47 bits per heavy atom. The molecule has 0 saturated carbocycles. The highest BCUT2D eigenvalue weighted by molar-refractivity contribution is 7.92. The second kappa shape index (κ2) is 3.87. The van der Waals surface area contributed by atoms with Gasteiger partial charge in [0.15, 0.2) is 0 Å². The molecule has 1 N–H and O–H groups in total. The molecular weight excluding hydrogens is 219 g/mol. The lowest BCUT2D eigenvalue weighted by Gasteiger charge is -2.07. The summed E-state index contributed by atoms with van der Waals surface area (Å²) in [5, 5.41) is 8.70. The predicted octanol–water partition coefficient (Wildman–Crippen LogP) is 1.38. The highest BCUT2D eigenvalue weighted by Gasteiger charge is 2.13. The van der Waals surface area contributed by atoms with Crippen LogP contribution in [0.15, 0.2) is 12.1 Å². The number of halogens is 1. The predicted molar refractivity (Wildman–Crippen MR) is 54.3 cm³/mol.